The van der Waals surface area contributed by atoms with Crippen LogP contribution in [0.5, 0.6) is 0 Å². The number of hydrogen-bond acceptors (Lipinski definition) is 3. The number of guanidine groups is 1. The summed E-state index contributed by atoms with van der Waals surface area (Å²) in [5, 5.41) is 12.0. The van der Waals surface area contributed by atoms with E-state index in [1.807, 2.05) is 37.3 Å². The van der Waals surface area contributed by atoms with Crippen LogP contribution in [0.15, 0.2) is 35.3 Å². The van der Waals surface area contributed by atoms with Crippen LogP contribution in [0, 0.1) is 5.92 Å². The van der Waals surface area contributed by atoms with Crippen molar-refractivity contribution in [3.8, 4) is 0 Å². The van der Waals surface area contributed by atoms with E-state index in [9.17, 15) is 9.59 Å². The van der Waals surface area contributed by atoms with Gasteiger partial charge in [0.1, 0.15) is 6.54 Å². The summed E-state index contributed by atoms with van der Waals surface area (Å²) in [5.74, 6) is 0.814. The first-order valence-electron chi connectivity index (χ1n) is 9.29. The van der Waals surface area contributed by atoms with Gasteiger partial charge in [-0.25, -0.2) is 4.99 Å². The van der Waals surface area contributed by atoms with E-state index in [1.54, 1.807) is 0 Å². The summed E-state index contributed by atoms with van der Waals surface area (Å²) in [6.45, 7) is 4.44. The van der Waals surface area contributed by atoms with Crippen LogP contribution in [0.4, 0.5) is 0 Å². The second-order valence-corrected chi connectivity index (χ2v) is 6.27. The average Bonchev–Trinajstić information content (AvgIpc) is 3.49. The highest BCUT2D eigenvalue weighted by atomic mass is 16.2. The van der Waals surface area contributed by atoms with Gasteiger partial charge in [-0.3, -0.25) is 9.59 Å². The highest BCUT2D eigenvalue weighted by Gasteiger charge is 2.28. The molecule has 1 fully saturated rings. The zero-order valence-electron chi connectivity index (χ0n) is 15.4. The molecule has 0 heterocycles. The number of nitrogens with zero attached hydrogens (tertiary/aromatic N) is 1. The summed E-state index contributed by atoms with van der Waals surface area (Å²) in [7, 11) is 0. The van der Waals surface area contributed by atoms with Crippen molar-refractivity contribution >= 4 is 17.8 Å². The molecule has 1 aromatic rings. The monoisotopic (exact) mass is 359 g/mol. The van der Waals surface area contributed by atoms with Crippen molar-refractivity contribution in [1.29, 1.82) is 0 Å². The lowest BCUT2D eigenvalue weighted by molar-refractivity contribution is -0.122. The quantitative estimate of drug-likeness (QED) is 0.277. The van der Waals surface area contributed by atoms with Crippen LogP contribution in [0.1, 0.15) is 25.3 Å². The molecule has 2 amide bonds. The standard InChI is InChI=1S/C19H29N5O2/c1-2-20-19(23-13-12-22-18(26)16-8-9-16)24-14-17(25)21-11-10-15-6-4-3-5-7-15/h3-7,16H,2,8-14H2,1H3,(H,21,25)(H,22,26)(H2,20,23,24). The van der Waals surface area contributed by atoms with Crippen LogP contribution in [-0.4, -0.2) is 50.5 Å². The predicted molar refractivity (Wildman–Crippen MR) is 103 cm³/mol. The summed E-state index contributed by atoms with van der Waals surface area (Å²) in [4.78, 5) is 27.7. The zero-order valence-corrected chi connectivity index (χ0v) is 15.4. The first kappa shape index (κ1) is 19.8. The molecule has 7 nitrogen and oxygen atoms in total. The van der Waals surface area contributed by atoms with Gasteiger partial charge in [-0.15, -0.1) is 0 Å². The Balaban J connectivity index is 1.62. The molecule has 0 atom stereocenters. The number of carbonyl (C=O) groups is 2. The minimum atomic E-state index is -0.111. The average molecular weight is 359 g/mol. The first-order valence-corrected chi connectivity index (χ1v) is 9.29. The molecule has 0 saturated heterocycles. The third kappa shape index (κ3) is 8.00. The van der Waals surface area contributed by atoms with Crippen LogP contribution in [0.25, 0.3) is 0 Å². The summed E-state index contributed by atoms with van der Waals surface area (Å²) >= 11 is 0. The van der Waals surface area contributed by atoms with Crippen molar-refractivity contribution in [2.75, 3.05) is 32.7 Å². The van der Waals surface area contributed by atoms with Gasteiger partial charge in [0.2, 0.25) is 11.8 Å². The van der Waals surface area contributed by atoms with E-state index in [0.717, 1.165) is 19.3 Å². The molecule has 1 aromatic carbocycles. The molecule has 1 aliphatic carbocycles. The van der Waals surface area contributed by atoms with E-state index in [2.05, 4.69) is 26.3 Å². The fraction of sp³-hybridized carbons (Fsp3) is 0.526. The van der Waals surface area contributed by atoms with Crippen molar-refractivity contribution in [3.63, 3.8) is 0 Å². The van der Waals surface area contributed by atoms with Gasteiger partial charge < -0.3 is 21.3 Å². The number of hydrogen-bond donors (Lipinski definition) is 4. The van der Waals surface area contributed by atoms with E-state index < -0.39 is 0 Å². The van der Waals surface area contributed by atoms with E-state index in [4.69, 9.17) is 0 Å². The number of aliphatic imine (C=N–C) groups is 1. The van der Waals surface area contributed by atoms with Gasteiger partial charge in [0.15, 0.2) is 5.96 Å². The Morgan fingerprint density at radius 3 is 2.42 bits per heavy atom. The van der Waals surface area contributed by atoms with Gasteiger partial charge in [0.05, 0.1) is 0 Å². The Hall–Kier alpha value is -2.57. The molecule has 2 rings (SSSR count). The fourth-order valence-electron chi connectivity index (χ4n) is 2.40. The third-order valence-corrected chi connectivity index (χ3v) is 3.97. The van der Waals surface area contributed by atoms with Crippen molar-refractivity contribution in [3.05, 3.63) is 35.9 Å². The molecular formula is C19H29N5O2. The highest BCUT2D eigenvalue weighted by molar-refractivity contribution is 5.85. The Morgan fingerprint density at radius 1 is 1.00 bits per heavy atom. The van der Waals surface area contributed by atoms with Gasteiger partial charge in [0.25, 0.3) is 0 Å². The lowest BCUT2D eigenvalue weighted by Gasteiger charge is -2.12. The zero-order chi connectivity index (χ0) is 18.6. The Kier molecular flexibility index (Phi) is 8.45. The fourth-order valence-corrected chi connectivity index (χ4v) is 2.40. The van der Waals surface area contributed by atoms with E-state index in [1.165, 1.54) is 5.56 Å². The minimum absolute atomic E-state index is 0.0680. The SMILES string of the molecule is CCNC(=NCC(=O)NCCc1ccccc1)NCCNC(=O)C1CC1. The Labute approximate surface area is 155 Å². The number of carbonyl (C=O) groups excluding carboxylic acids is 2. The lowest BCUT2D eigenvalue weighted by atomic mass is 10.1. The van der Waals surface area contributed by atoms with Crippen LogP contribution in [-0.2, 0) is 16.0 Å². The van der Waals surface area contributed by atoms with E-state index >= 15 is 0 Å². The van der Waals surface area contributed by atoms with E-state index in [-0.39, 0.29) is 24.3 Å². The summed E-state index contributed by atoms with van der Waals surface area (Å²) in [6.07, 6.45) is 2.81. The van der Waals surface area contributed by atoms with Gasteiger partial charge >= 0.3 is 0 Å². The number of nitrogens with one attached hydrogen (secondary N) is 4. The summed E-state index contributed by atoms with van der Waals surface area (Å²) < 4.78 is 0. The molecule has 142 valence electrons. The molecule has 0 bridgehead atoms. The van der Waals surface area contributed by atoms with Crippen LogP contribution in [0.3, 0.4) is 0 Å². The molecule has 4 N–H and O–H groups in total. The predicted octanol–water partition coefficient (Wildman–Crippen LogP) is 0.427. The van der Waals surface area contributed by atoms with Crippen molar-refractivity contribution in [2.24, 2.45) is 10.9 Å². The summed E-state index contributed by atoms with van der Waals surface area (Å²) in [6, 6.07) is 10.0. The largest absolute Gasteiger partial charge is 0.357 e. The maximum absolute atomic E-state index is 11.9. The molecule has 0 aliphatic heterocycles. The maximum Gasteiger partial charge on any atom is 0.241 e. The van der Waals surface area contributed by atoms with Crippen molar-refractivity contribution in [2.45, 2.75) is 26.2 Å². The van der Waals surface area contributed by atoms with Crippen LogP contribution < -0.4 is 21.3 Å². The minimum Gasteiger partial charge on any atom is -0.357 e. The number of rotatable bonds is 10. The van der Waals surface area contributed by atoms with Gasteiger partial charge in [-0.05, 0) is 31.7 Å². The number of amides is 2. The third-order valence-electron chi connectivity index (χ3n) is 3.97. The Bertz CT molecular complexity index is 599. The summed E-state index contributed by atoms with van der Waals surface area (Å²) in [5.41, 5.74) is 1.19. The van der Waals surface area contributed by atoms with Gasteiger partial charge in [-0.1, -0.05) is 30.3 Å². The first-order chi connectivity index (χ1) is 12.7. The molecule has 7 heteroatoms. The molecule has 0 spiro atoms. The van der Waals surface area contributed by atoms with Gasteiger partial charge in [-0.2, -0.15) is 0 Å². The molecule has 1 aliphatic rings. The second kappa shape index (κ2) is 11.1. The molecule has 0 radical (unpaired) electrons. The van der Waals surface area contributed by atoms with Crippen LogP contribution in [0.2, 0.25) is 0 Å². The molecule has 0 aromatic heterocycles. The second-order valence-electron chi connectivity index (χ2n) is 6.27. The van der Waals surface area contributed by atoms with E-state index in [0.29, 0.717) is 32.1 Å². The normalized spacial score (nSPS) is 13.8. The smallest absolute Gasteiger partial charge is 0.241 e. The maximum atomic E-state index is 11.9. The number of benzene rings is 1. The highest BCUT2D eigenvalue weighted by Crippen LogP contribution is 2.28. The van der Waals surface area contributed by atoms with Crippen molar-refractivity contribution < 1.29 is 9.59 Å². The van der Waals surface area contributed by atoms with Crippen LogP contribution >= 0.6 is 0 Å². The lowest BCUT2D eigenvalue weighted by Crippen LogP contribution is -2.42. The molecular weight excluding hydrogens is 330 g/mol. The molecule has 1 saturated carbocycles. The van der Waals surface area contributed by atoms with Crippen molar-refractivity contribution in [1.82, 2.24) is 21.3 Å². The Morgan fingerprint density at radius 2 is 1.73 bits per heavy atom. The van der Waals surface area contributed by atoms with Gasteiger partial charge in [0, 0.05) is 32.1 Å². The molecule has 26 heavy (non-hydrogen) atoms. The molecule has 0 unspecified atom stereocenters. The topological polar surface area (TPSA) is 94.6 Å².